The zero-order valence-corrected chi connectivity index (χ0v) is 5.52. The fraction of sp³-hybridized carbons (Fsp3) is 0.600. The monoisotopic (exact) mass is 212 g/mol. The minimum absolute atomic E-state index is 0.194. The van der Waals surface area contributed by atoms with Crippen molar-refractivity contribution < 1.29 is 35.1 Å². The van der Waals surface area contributed by atoms with E-state index in [1.165, 1.54) is 0 Å². The maximum atomic E-state index is 12.1. The molecule has 0 aromatic carbocycles. The largest absolute Gasteiger partial charge is 0.443 e. The van der Waals surface area contributed by atoms with E-state index in [-0.39, 0.29) is 12.1 Å². The third-order valence-electron chi connectivity index (χ3n) is 1.00. The molecule has 0 rings (SSSR count). The van der Waals surface area contributed by atoms with Gasteiger partial charge in [0.15, 0.2) is 0 Å². The molecule has 0 fully saturated rings. The van der Waals surface area contributed by atoms with Crippen LogP contribution in [0, 0.1) is 12.1 Å². The molecule has 8 heteroatoms. The Labute approximate surface area is 66.5 Å². The van der Waals surface area contributed by atoms with E-state index in [0.29, 0.717) is 0 Å². The second-order valence-electron chi connectivity index (χ2n) is 1.87. The fourth-order valence-electron chi connectivity index (χ4n) is 0.368. The van der Waals surface area contributed by atoms with Gasteiger partial charge in [0.2, 0.25) is 0 Å². The Kier molecular flexibility index (Phi) is 2.81. The Morgan fingerprint density at radius 3 is 1.08 bits per heavy atom. The second-order valence-corrected chi connectivity index (χ2v) is 1.87. The summed E-state index contributed by atoms with van der Waals surface area (Å²) in [5.74, 6) is -0.194. The molecular formula is C5F8. The summed E-state index contributed by atoms with van der Waals surface area (Å²) in [4.78, 5) is 0. The summed E-state index contributed by atoms with van der Waals surface area (Å²) in [7, 11) is 0. The smallest absolute Gasteiger partial charge is 0.209 e. The van der Waals surface area contributed by atoms with Crippen LogP contribution in [0.1, 0.15) is 0 Å². The van der Waals surface area contributed by atoms with Gasteiger partial charge in [-0.25, -0.2) is 4.39 Å². The van der Waals surface area contributed by atoms with Crippen LogP contribution in [0.5, 0.6) is 0 Å². The van der Waals surface area contributed by atoms with Gasteiger partial charge in [0.25, 0.3) is 0 Å². The predicted octanol–water partition coefficient (Wildman–Crippen LogP) is 2.75. The van der Waals surface area contributed by atoms with Crippen LogP contribution in [0.25, 0.3) is 0 Å². The van der Waals surface area contributed by atoms with Crippen molar-refractivity contribution in [1.82, 2.24) is 0 Å². The number of rotatable bonds is 0. The van der Waals surface area contributed by atoms with Crippen LogP contribution in [0.3, 0.4) is 0 Å². The molecule has 0 unspecified atom stereocenters. The predicted molar refractivity (Wildman–Crippen MR) is 24.8 cm³/mol. The van der Waals surface area contributed by atoms with Crippen molar-refractivity contribution in [2.75, 3.05) is 0 Å². The molecule has 0 aliphatic carbocycles. The van der Waals surface area contributed by atoms with Crippen molar-refractivity contribution in [3.8, 4) is 12.1 Å². The Bertz CT molecular complexity index is 220. The molecule has 0 saturated heterocycles. The topological polar surface area (TPSA) is 0 Å². The van der Waals surface area contributed by atoms with Gasteiger partial charge in [-0.2, -0.15) is 26.3 Å². The van der Waals surface area contributed by atoms with E-state index in [9.17, 15) is 35.1 Å². The highest BCUT2D eigenvalue weighted by atomic mass is 19.4. The van der Waals surface area contributed by atoms with Gasteiger partial charge in [-0.05, 0) is 5.92 Å². The number of halogens is 8. The molecule has 0 heterocycles. The van der Waals surface area contributed by atoms with Crippen LogP contribution in [-0.2, 0) is 0 Å². The van der Waals surface area contributed by atoms with Crippen LogP contribution in [-0.4, -0.2) is 18.0 Å². The van der Waals surface area contributed by atoms with Gasteiger partial charge in [-0.3, -0.25) is 0 Å². The first-order valence-electron chi connectivity index (χ1n) is 2.51. The van der Waals surface area contributed by atoms with Crippen LogP contribution in [0.15, 0.2) is 0 Å². The molecule has 76 valence electrons. The third-order valence-corrected chi connectivity index (χ3v) is 1.00. The first-order chi connectivity index (χ1) is 5.56. The summed E-state index contributed by atoms with van der Waals surface area (Å²) in [5.41, 5.74) is -5.81. The van der Waals surface area contributed by atoms with E-state index in [1.54, 1.807) is 0 Å². The molecule has 0 nitrogen and oxygen atoms in total. The van der Waals surface area contributed by atoms with E-state index in [0.717, 1.165) is 0 Å². The van der Waals surface area contributed by atoms with E-state index in [4.69, 9.17) is 0 Å². The molecule has 0 saturated carbocycles. The SMILES string of the molecule is FC#CC(F)(C(F)(F)F)C(F)(F)F. The zero-order chi connectivity index (χ0) is 10.9. The lowest BCUT2D eigenvalue weighted by Gasteiger charge is -2.24. The van der Waals surface area contributed by atoms with Gasteiger partial charge < -0.3 is 0 Å². The lowest BCUT2D eigenvalue weighted by Crippen LogP contribution is -2.52. The first kappa shape index (κ1) is 12.0. The minimum atomic E-state index is -6.32. The molecule has 0 aromatic rings. The third kappa shape index (κ3) is 2.02. The first-order valence-corrected chi connectivity index (χ1v) is 2.51. The van der Waals surface area contributed by atoms with Gasteiger partial charge in [0, 0.05) is 0 Å². The molecule has 0 atom stereocenters. The zero-order valence-electron chi connectivity index (χ0n) is 5.52. The van der Waals surface area contributed by atoms with Gasteiger partial charge in [-0.1, -0.05) is 0 Å². The Morgan fingerprint density at radius 2 is 1.00 bits per heavy atom. The molecule has 0 aliphatic heterocycles. The Morgan fingerprint density at radius 1 is 0.692 bits per heavy atom. The van der Waals surface area contributed by atoms with Crippen molar-refractivity contribution in [2.24, 2.45) is 0 Å². The van der Waals surface area contributed by atoms with E-state index in [1.807, 2.05) is 0 Å². The van der Waals surface area contributed by atoms with E-state index in [2.05, 4.69) is 0 Å². The van der Waals surface area contributed by atoms with Crippen molar-refractivity contribution in [3.63, 3.8) is 0 Å². The van der Waals surface area contributed by atoms with Crippen molar-refractivity contribution in [1.29, 1.82) is 0 Å². The van der Waals surface area contributed by atoms with Crippen molar-refractivity contribution in [2.45, 2.75) is 18.0 Å². The molecule has 0 aliphatic rings. The van der Waals surface area contributed by atoms with Crippen LogP contribution < -0.4 is 0 Å². The Balaban J connectivity index is 5.30. The summed E-state index contributed by atoms with van der Waals surface area (Å²) >= 11 is 0. The van der Waals surface area contributed by atoms with Crippen molar-refractivity contribution in [3.05, 3.63) is 0 Å². The second kappa shape index (κ2) is 3.05. The molecule has 0 radical (unpaired) electrons. The lowest BCUT2D eigenvalue weighted by molar-refractivity contribution is -0.318. The maximum Gasteiger partial charge on any atom is 0.443 e. The van der Waals surface area contributed by atoms with Gasteiger partial charge in [0.05, 0.1) is 0 Å². The minimum Gasteiger partial charge on any atom is -0.209 e. The standard InChI is InChI=1S/C5F8/c6-2-1-3(7,4(8,9)10)5(11,12)13. The average Bonchev–Trinajstić information content (AvgIpc) is 1.82. The summed E-state index contributed by atoms with van der Waals surface area (Å²) in [6, 6.07) is 0. The van der Waals surface area contributed by atoms with Crippen LogP contribution >= 0.6 is 0 Å². The van der Waals surface area contributed by atoms with Crippen LogP contribution in [0.4, 0.5) is 35.1 Å². The van der Waals surface area contributed by atoms with E-state index < -0.39 is 18.0 Å². The highest BCUT2D eigenvalue weighted by Crippen LogP contribution is 2.45. The number of hydrogen-bond donors (Lipinski definition) is 0. The quantitative estimate of drug-likeness (QED) is 0.427. The summed E-state index contributed by atoms with van der Waals surface area (Å²) in [5, 5.41) is 0. The van der Waals surface area contributed by atoms with Gasteiger partial charge >= 0.3 is 18.0 Å². The number of hydrogen-bond acceptors (Lipinski definition) is 0. The molecule has 0 amide bonds. The molecule has 13 heavy (non-hydrogen) atoms. The summed E-state index contributed by atoms with van der Waals surface area (Å²) in [6.45, 7) is 0. The van der Waals surface area contributed by atoms with Crippen molar-refractivity contribution >= 4 is 0 Å². The Hall–Kier alpha value is -1.00. The van der Waals surface area contributed by atoms with Gasteiger partial charge in [0.1, 0.15) is 6.17 Å². The molecule has 0 N–H and O–H groups in total. The molecule has 0 aromatic heterocycles. The highest BCUT2D eigenvalue weighted by Gasteiger charge is 2.72. The van der Waals surface area contributed by atoms with E-state index >= 15 is 0 Å². The maximum absolute atomic E-state index is 12.1. The molecule has 0 bridgehead atoms. The normalized spacial score (nSPS) is 13.5. The summed E-state index contributed by atoms with van der Waals surface area (Å²) in [6.07, 6.45) is -12.9. The number of alkyl halides is 7. The molecule has 0 spiro atoms. The summed E-state index contributed by atoms with van der Waals surface area (Å²) < 4.78 is 91.6. The lowest BCUT2D eigenvalue weighted by atomic mass is 10.1. The van der Waals surface area contributed by atoms with Crippen LogP contribution in [0.2, 0.25) is 0 Å². The average molecular weight is 212 g/mol. The highest BCUT2D eigenvalue weighted by molar-refractivity contribution is 5.18. The fourth-order valence-corrected chi connectivity index (χ4v) is 0.368. The molecular weight excluding hydrogens is 212 g/mol. The van der Waals surface area contributed by atoms with Gasteiger partial charge in [-0.15, -0.1) is 4.39 Å².